The van der Waals surface area contributed by atoms with E-state index in [2.05, 4.69) is 15.0 Å². The molecular weight excluding hydrogens is 290 g/mol. The highest BCUT2D eigenvalue weighted by Crippen LogP contribution is 2.12. The van der Waals surface area contributed by atoms with Crippen LogP contribution >= 0.6 is 0 Å². The smallest absolute Gasteiger partial charge is 0.238 e. The highest BCUT2D eigenvalue weighted by molar-refractivity contribution is 7.88. The number of aromatic nitrogens is 1. The van der Waals surface area contributed by atoms with Gasteiger partial charge in [-0.25, -0.2) is 13.1 Å². The minimum absolute atomic E-state index is 0.200. The van der Waals surface area contributed by atoms with E-state index in [0.717, 1.165) is 11.8 Å². The first-order valence-electron chi connectivity index (χ1n) is 6.86. The molecule has 2 N–H and O–H groups in total. The Kier molecular flexibility index (Phi) is 6.29. The Morgan fingerprint density at radius 1 is 1.24 bits per heavy atom. The minimum Gasteiger partial charge on any atom is -0.348 e. The van der Waals surface area contributed by atoms with E-state index in [4.69, 9.17) is 0 Å². The third kappa shape index (κ3) is 6.68. The Balaban J connectivity index is 2.76. The summed E-state index contributed by atoms with van der Waals surface area (Å²) >= 11 is 0. The molecule has 0 saturated heterocycles. The largest absolute Gasteiger partial charge is 0.348 e. The summed E-state index contributed by atoms with van der Waals surface area (Å²) in [6.07, 6.45) is 4.80. The lowest BCUT2D eigenvalue weighted by molar-refractivity contribution is -0.123. The molecule has 2 unspecified atom stereocenters. The Morgan fingerprint density at radius 3 is 2.29 bits per heavy atom. The molecule has 0 aliphatic rings. The second-order valence-electron chi connectivity index (χ2n) is 5.58. The fourth-order valence-electron chi connectivity index (χ4n) is 1.99. The molecule has 21 heavy (non-hydrogen) atoms. The van der Waals surface area contributed by atoms with Crippen LogP contribution in [0.1, 0.15) is 38.8 Å². The van der Waals surface area contributed by atoms with Gasteiger partial charge in [-0.1, -0.05) is 13.8 Å². The summed E-state index contributed by atoms with van der Waals surface area (Å²) in [5.41, 5.74) is 0.918. The van der Waals surface area contributed by atoms with Crippen LogP contribution in [0.2, 0.25) is 0 Å². The Hall–Kier alpha value is -1.47. The molecule has 0 bridgehead atoms. The van der Waals surface area contributed by atoms with Gasteiger partial charge in [0.05, 0.1) is 12.3 Å². The van der Waals surface area contributed by atoms with E-state index >= 15 is 0 Å². The lowest BCUT2D eigenvalue weighted by atomic mass is 10.0. The predicted molar refractivity (Wildman–Crippen MR) is 82.0 cm³/mol. The fourth-order valence-corrected chi connectivity index (χ4v) is 2.71. The predicted octanol–water partition coefficient (Wildman–Crippen LogP) is 1.22. The maximum Gasteiger partial charge on any atom is 0.238 e. The van der Waals surface area contributed by atoms with E-state index in [1.54, 1.807) is 12.4 Å². The zero-order valence-electron chi connectivity index (χ0n) is 12.8. The Bertz CT molecular complexity index is 558. The van der Waals surface area contributed by atoms with Crippen molar-refractivity contribution in [1.29, 1.82) is 0 Å². The second kappa shape index (κ2) is 7.51. The SMILES string of the molecule is CC(C)CC(NS(C)(=O)=O)C(=O)NC(C)c1ccncc1. The van der Waals surface area contributed by atoms with E-state index in [1.807, 2.05) is 32.9 Å². The summed E-state index contributed by atoms with van der Waals surface area (Å²) in [6.45, 7) is 5.73. The molecule has 1 aromatic rings. The average molecular weight is 313 g/mol. The number of hydrogen-bond donors (Lipinski definition) is 2. The van der Waals surface area contributed by atoms with Crippen molar-refractivity contribution < 1.29 is 13.2 Å². The molecule has 2 atom stereocenters. The van der Waals surface area contributed by atoms with Crippen molar-refractivity contribution in [1.82, 2.24) is 15.0 Å². The lowest BCUT2D eigenvalue weighted by Crippen LogP contribution is -2.47. The van der Waals surface area contributed by atoms with Crippen LogP contribution in [0, 0.1) is 5.92 Å². The van der Waals surface area contributed by atoms with Gasteiger partial charge in [0.2, 0.25) is 15.9 Å². The van der Waals surface area contributed by atoms with Gasteiger partial charge in [0.15, 0.2) is 0 Å². The summed E-state index contributed by atoms with van der Waals surface area (Å²) in [4.78, 5) is 16.2. The van der Waals surface area contributed by atoms with Crippen molar-refractivity contribution >= 4 is 15.9 Å². The number of carbonyl (C=O) groups is 1. The first-order chi connectivity index (χ1) is 9.69. The van der Waals surface area contributed by atoms with Crippen molar-refractivity contribution in [2.24, 2.45) is 5.92 Å². The molecule has 0 aromatic carbocycles. The van der Waals surface area contributed by atoms with Crippen LogP contribution in [-0.4, -0.2) is 31.6 Å². The molecule has 0 radical (unpaired) electrons. The topological polar surface area (TPSA) is 88.2 Å². The van der Waals surface area contributed by atoms with Crippen molar-refractivity contribution in [3.8, 4) is 0 Å². The Labute approximate surface area is 126 Å². The van der Waals surface area contributed by atoms with E-state index in [0.29, 0.717) is 6.42 Å². The van der Waals surface area contributed by atoms with Crippen LogP contribution in [0.3, 0.4) is 0 Å². The molecule has 0 aliphatic heterocycles. The monoisotopic (exact) mass is 313 g/mol. The minimum atomic E-state index is -3.44. The quantitative estimate of drug-likeness (QED) is 0.792. The van der Waals surface area contributed by atoms with Crippen LogP contribution in [0.5, 0.6) is 0 Å². The molecule has 0 fully saturated rings. The van der Waals surface area contributed by atoms with Crippen LogP contribution in [-0.2, 0) is 14.8 Å². The van der Waals surface area contributed by atoms with E-state index in [9.17, 15) is 13.2 Å². The molecule has 1 rings (SSSR count). The van der Waals surface area contributed by atoms with Crippen molar-refractivity contribution in [3.05, 3.63) is 30.1 Å². The maximum absolute atomic E-state index is 12.3. The third-order valence-electron chi connectivity index (χ3n) is 2.94. The van der Waals surface area contributed by atoms with E-state index in [1.165, 1.54) is 0 Å². The molecule has 0 aliphatic carbocycles. The van der Waals surface area contributed by atoms with Gasteiger partial charge in [-0.05, 0) is 37.0 Å². The van der Waals surface area contributed by atoms with Gasteiger partial charge in [0.25, 0.3) is 0 Å². The highest BCUT2D eigenvalue weighted by atomic mass is 32.2. The van der Waals surface area contributed by atoms with Crippen LogP contribution in [0.25, 0.3) is 0 Å². The van der Waals surface area contributed by atoms with E-state index in [-0.39, 0.29) is 17.9 Å². The Morgan fingerprint density at radius 2 is 1.81 bits per heavy atom. The molecule has 1 aromatic heterocycles. The fraction of sp³-hybridized carbons (Fsp3) is 0.571. The molecular formula is C14H23N3O3S. The third-order valence-corrected chi connectivity index (χ3v) is 3.66. The number of nitrogens with zero attached hydrogens (tertiary/aromatic N) is 1. The zero-order chi connectivity index (χ0) is 16.0. The van der Waals surface area contributed by atoms with Crippen LogP contribution < -0.4 is 10.0 Å². The lowest BCUT2D eigenvalue weighted by Gasteiger charge is -2.22. The molecule has 1 amide bonds. The number of sulfonamides is 1. The molecule has 6 nitrogen and oxygen atoms in total. The van der Waals surface area contributed by atoms with E-state index < -0.39 is 16.1 Å². The maximum atomic E-state index is 12.3. The molecule has 0 saturated carbocycles. The number of rotatable bonds is 7. The van der Waals surface area contributed by atoms with Gasteiger partial charge >= 0.3 is 0 Å². The van der Waals surface area contributed by atoms with Crippen LogP contribution in [0.15, 0.2) is 24.5 Å². The van der Waals surface area contributed by atoms with Gasteiger partial charge in [-0.2, -0.15) is 0 Å². The summed E-state index contributed by atoms with van der Waals surface area (Å²) in [5, 5.41) is 2.83. The van der Waals surface area contributed by atoms with Gasteiger partial charge in [-0.15, -0.1) is 0 Å². The van der Waals surface area contributed by atoms with Crippen molar-refractivity contribution in [3.63, 3.8) is 0 Å². The molecule has 1 heterocycles. The first-order valence-corrected chi connectivity index (χ1v) is 8.75. The summed E-state index contributed by atoms with van der Waals surface area (Å²) < 4.78 is 25.2. The standard InChI is InChI=1S/C14H23N3O3S/c1-10(2)9-13(17-21(4,19)20)14(18)16-11(3)12-5-7-15-8-6-12/h5-8,10-11,13,17H,9H2,1-4H3,(H,16,18). The summed E-state index contributed by atoms with van der Waals surface area (Å²) in [6, 6.07) is 2.65. The molecule has 0 spiro atoms. The van der Waals surface area contributed by atoms with Gasteiger partial charge in [0, 0.05) is 12.4 Å². The number of pyridine rings is 1. The normalized spacial score (nSPS) is 14.7. The second-order valence-corrected chi connectivity index (χ2v) is 7.36. The summed E-state index contributed by atoms with van der Waals surface area (Å²) in [7, 11) is -3.44. The number of nitrogens with one attached hydrogen (secondary N) is 2. The van der Waals surface area contributed by atoms with Crippen molar-refractivity contribution in [2.45, 2.75) is 39.3 Å². The number of hydrogen-bond acceptors (Lipinski definition) is 4. The number of amides is 1. The molecule has 118 valence electrons. The zero-order valence-corrected chi connectivity index (χ0v) is 13.6. The van der Waals surface area contributed by atoms with Gasteiger partial charge in [0.1, 0.15) is 6.04 Å². The molecule has 7 heteroatoms. The van der Waals surface area contributed by atoms with Crippen molar-refractivity contribution in [2.75, 3.05) is 6.26 Å². The van der Waals surface area contributed by atoms with Gasteiger partial charge < -0.3 is 5.32 Å². The van der Waals surface area contributed by atoms with Gasteiger partial charge in [-0.3, -0.25) is 9.78 Å². The average Bonchev–Trinajstić information content (AvgIpc) is 2.36. The summed E-state index contributed by atoms with van der Waals surface area (Å²) in [5.74, 6) is -0.121. The number of carbonyl (C=O) groups excluding carboxylic acids is 1. The highest BCUT2D eigenvalue weighted by Gasteiger charge is 2.24. The van der Waals surface area contributed by atoms with Crippen LogP contribution in [0.4, 0.5) is 0 Å². The first kappa shape index (κ1) is 17.6.